The molecule has 1 aromatic carbocycles. The number of methoxy groups -OCH3 is 1. The fraction of sp³-hybridized carbons (Fsp3) is 0.571. The fourth-order valence-electron chi connectivity index (χ4n) is 5.06. The Morgan fingerprint density at radius 1 is 1.09 bits per heavy atom. The molecule has 2 aromatic rings. The minimum Gasteiger partial charge on any atom is -0.496 e. The molecule has 2 heterocycles. The molecule has 1 aliphatic heterocycles. The summed E-state index contributed by atoms with van der Waals surface area (Å²) < 4.78 is 5.52. The number of aromatic nitrogens is 1. The quantitative estimate of drug-likeness (QED) is 0.555. The van der Waals surface area contributed by atoms with Gasteiger partial charge in [-0.15, -0.1) is 0 Å². The van der Waals surface area contributed by atoms with Crippen LogP contribution in [0, 0.1) is 0 Å². The average molecular weight is 468 g/mol. The summed E-state index contributed by atoms with van der Waals surface area (Å²) in [5.41, 5.74) is 2.34. The van der Waals surface area contributed by atoms with Crippen LogP contribution in [0.1, 0.15) is 68.4 Å². The normalized spacial score (nSPS) is 17.8. The van der Waals surface area contributed by atoms with E-state index in [4.69, 9.17) is 4.74 Å². The summed E-state index contributed by atoms with van der Waals surface area (Å²) in [5, 5.41) is 9.49. The molecule has 1 saturated heterocycles. The van der Waals surface area contributed by atoms with Gasteiger partial charge in [-0.2, -0.15) is 0 Å². The Labute approximate surface area is 204 Å². The largest absolute Gasteiger partial charge is 0.496 e. The molecular formula is C28H41N3O3. The Morgan fingerprint density at radius 3 is 2.29 bits per heavy atom. The lowest BCUT2D eigenvalue weighted by Gasteiger charge is -2.36. The third-order valence-corrected chi connectivity index (χ3v) is 7.18. The van der Waals surface area contributed by atoms with Gasteiger partial charge >= 0.3 is 6.09 Å². The van der Waals surface area contributed by atoms with Crippen molar-refractivity contribution in [2.45, 2.75) is 69.7 Å². The first-order chi connectivity index (χ1) is 16.6. The zero-order valence-corrected chi connectivity index (χ0v) is 20.9. The van der Waals surface area contributed by atoms with Crippen LogP contribution in [0.15, 0.2) is 48.8 Å². The van der Waals surface area contributed by atoms with Crippen molar-refractivity contribution in [1.82, 2.24) is 14.8 Å². The molecule has 6 heteroatoms. The van der Waals surface area contributed by atoms with E-state index in [0.717, 1.165) is 43.8 Å². The Kier molecular flexibility index (Phi) is 10.7. The van der Waals surface area contributed by atoms with Crippen LogP contribution in [0.5, 0.6) is 5.75 Å². The molecule has 1 atom stereocenters. The predicted molar refractivity (Wildman–Crippen MR) is 137 cm³/mol. The minimum atomic E-state index is -0.891. The number of carboxylic acid groups (broad SMARTS) is 1. The zero-order chi connectivity index (χ0) is 24.2. The van der Waals surface area contributed by atoms with Crippen LogP contribution < -0.4 is 4.74 Å². The molecule has 2 aliphatic rings. The number of likely N-dealkylation sites (N-methyl/N-ethyl adjacent to an activating group) is 1. The second kappa shape index (κ2) is 14.0. The van der Waals surface area contributed by atoms with Gasteiger partial charge in [0.25, 0.3) is 0 Å². The van der Waals surface area contributed by atoms with Gasteiger partial charge in [0.05, 0.1) is 13.2 Å². The van der Waals surface area contributed by atoms with E-state index in [0.29, 0.717) is 12.3 Å². The average Bonchev–Trinajstić information content (AvgIpc) is 2.90. The highest BCUT2D eigenvalue weighted by Gasteiger charge is 2.27. The van der Waals surface area contributed by atoms with Gasteiger partial charge in [-0.25, -0.2) is 4.79 Å². The van der Waals surface area contributed by atoms with Crippen molar-refractivity contribution in [1.29, 1.82) is 0 Å². The summed E-state index contributed by atoms with van der Waals surface area (Å²) in [5.74, 6) is 1.45. The van der Waals surface area contributed by atoms with Crippen LogP contribution in [0.3, 0.4) is 0 Å². The van der Waals surface area contributed by atoms with Gasteiger partial charge in [0.15, 0.2) is 0 Å². The maximum Gasteiger partial charge on any atom is 0.407 e. The summed E-state index contributed by atoms with van der Waals surface area (Å²) in [6, 6.07) is 12.0. The molecule has 1 saturated carbocycles. The molecule has 4 rings (SSSR count). The highest BCUT2D eigenvalue weighted by molar-refractivity contribution is 5.65. The van der Waals surface area contributed by atoms with Crippen LogP contribution >= 0.6 is 0 Å². The molecule has 2 fully saturated rings. The van der Waals surface area contributed by atoms with Gasteiger partial charge in [-0.1, -0.05) is 62.8 Å². The summed E-state index contributed by atoms with van der Waals surface area (Å²) in [6.45, 7) is 2.65. The third kappa shape index (κ3) is 8.01. The number of likely N-dealkylation sites (tertiary alicyclic amines) is 1. The highest BCUT2D eigenvalue weighted by Crippen LogP contribution is 2.34. The number of piperidine rings is 1. The molecule has 1 aliphatic carbocycles. The number of pyridine rings is 1. The Hall–Kier alpha value is -2.60. The van der Waals surface area contributed by atoms with Gasteiger partial charge in [-0.05, 0) is 61.5 Å². The number of amides is 1. The standard InChI is InChI=1S/C22H29N3O3.C6H12/c1-24(22(26)27)19(14-17-6-5-11-23-15-17)16-25-12-9-18(10-13-25)20-7-3-4-8-21(20)28-2;1-2-4-6-5-3-1/h3-8,11,15,18-19H,9-10,12-14,16H2,1-2H3,(H,26,27);1-6H2/t19-;/m1./s1. The fourth-order valence-corrected chi connectivity index (χ4v) is 5.06. The molecule has 1 N–H and O–H groups in total. The van der Waals surface area contributed by atoms with Crippen LogP contribution in [-0.4, -0.2) is 65.8 Å². The smallest absolute Gasteiger partial charge is 0.407 e. The van der Waals surface area contributed by atoms with Gasteiger partial charge in [0.1, 0.15) is 5.75 Å². The first-order valence-electron chi connectivity index (χ1n) is 12.8. The van der Waals surface area contributed by atoms with Crippen molar-refractivity contribution in [3.8, 4) is 5.75 Å². The molecule has 186 valence electrons. The molecule has 34 heavy (non-hydrogen) atoms. The highest BCUT2D eigenvalue weighted by atomic mass is 16.5. The van der Waals surface area contributed by atoms with Gasteiger partial charge in [0, 0.05) is 26.0 Å². The van der Waals surface area contributed by atoms with Crippen molar-refractivity contribution in [3.05, 3.63) is 59.9 Å². The van der Waals surface area contributed by atoms with Crippen molar-refractivity contribution < 1.29 is 14.6 Å². The summed E-state index contributed by atoms with van der Waals surface area (Å²) in [6.07, 6.45) is 14.4. The van der Waals surface area contributed by atoms with Crippen molar-refractivity contribution in [3.63, 3.8) is 0 Å². The monoisotopic (exact) mass is 467 g/mol. The van der Waals surface area contributed by atoms with E-state index in [1.807, 2.05) is 30.5 Å². The zero-order valence-electron chi connectivity index (χ0n) is 20.9. The number of carbonyl (C=O) groups is 1. The molecule has 0 unspecified atom stereocenters. The van der Waals surface area contributed by atoms with Crippen LogP contribution in [0.4, 0.5) is 4.79 Å². The molecular weight excluding hydrogens is 426 g/mol. The number of rotatable bonds is 7. The van der Waals surface area contributed by atoms with E-state index in [-0.39, 0.29) is 6.04 Å². The Morgan fingerprint density at radius 2 is 1.74 bits per heavy atom. The number of para-hydroxylation sites is 1. The predicted octanol–water partition coefficient (Wildman–Crippen LogP) is 5.83. The third-order valence-electron chi connectivity index (χ3n) is 7.18. The lowest BCUT2D eigenvalue weighted by Crippen LogP contribution is -2.47. The molecule has 0 radical (unpaired) electrons. The minimum absolute atomic E-state index is 0.0930. The molecule has 0 spiro atoms. The number of benzene rings is 1. The van der Waals surface area contributed by atoms with Crippen LogP contribution in [-0.2, 0) is 6.42 Å². The summed E-state index contributed by atoms with van der Waals surface area (Å²) in [7, 11) is 3.38. The van der Waals surface area contributed by atoms with Gasteiger partial charge in [0.2, 0.25) is 0 Å². The van der Waals surface area contributed by atoms with E-state index in [1.165, 1.54) is 49.0 Å². The Balaban J connectivity index is 0.000000469. The number of hydrogen-bond donors (Lipinski definition) is 1. The first kappa shape index (κ1) is 26.0. The van der Waals surface area contributed by atoms with Crippen LogP contribution in [0.2, 0.25) is 0 Å². The number of ether oxygens (including phenoxy) is 1. The van der Waals surface area contributed by atoms with E-state index < -0.39 is 6.09 Å². The molecule has 1 amide bonds. The van der Waals surface area contributed by atoms with E-state index >= 15 is 0 Å². The van der Waals surface area contributed by atoms with E-state index in [1.54, 1.807) is 20.4 Å². The lowest BCUT2D eigenvalue weighted by molar-refractivity contribution is 0.112. The van der Waals surface area contributed by atoms with E-state index in [2.05, 4.69) is 22.0 Å². The second-order valence-corrected chi connectivity index (χ2v) is 9.55. The summed E-state index contributed by atoms with van der Waals surface area (Å²) >= 11 is 0. The topological polar surface area (TPSA) is 65.9 Å². The number of hydrogen-bond acceptors (Lipinski definition) is 4. The van der Waals surface area contributed by atoms with Gasteiger partial charge in [-0.3, -0.25) is 4.98 Å². The molecule has 1 aromatic heterocycles. The van der Waals surface area contributed by atoms with Crippen LogP contribution in [0.25, 0.3) is 0 Å². The molecule has 0 bridgehead atoms. The number of nitrogens with zero attached hydrogens (tertiary/aromatic N) is 3. The van der Waals surface area contributed by atoms with Crippen molar-refractivity contribution in [2.24, 2.45) is 0 Å². The van der Waals surface area contributed by atoms with Crippen molar-refractivity contribution >= 4 is 6.09 Å². The van der Waals surface area contributed by atoms with Gasteiger partial charge < -0.3 is 19.6 Å². The maximum absolute atomic E-state index is 11.6. The SMILES string of the molecule is C1CCCCC1.COc1ccccc1C1CCN(C[C@@H](Cc2cccnc2)N(C)C(=O)O)CC1. The lowest BCUT2D eigenvalue weighted by atomic mass is 9.88. The molecule has 6 nitrogen and oxygen atoms in total. The first-order valence-corrected chi connectivity index (χ1v) is 12.8. The van der Waals surface area contributed by atoms with Crippen molar-refractivity contribution in [2.75, 3.05) is 33.8 Å². The maximum atomic E-state index is 11.6. The Bertz CT molecular complexity index is 837. The van der Waals surface area contributed by atoms with E-state index in [9.17, 15) is 9.90 Å². The summed E-state index contributed by atoms with van der Waals surface area (Å²) in [4.78, 5) is 19.5. The second-order valence-electron chi connectivity index (χ2n) is 9.55.